The van der Waals surface area contributed by atoms with Crippen LogP contribution in [0.1, 0.15) is 27.7 Å². The van der Waals surface area contributed by atoms with E-state index in [0.29, 0.717) is 0 Å². The van der Waals surface area contributed by atoms with E-state index in [1.165, 1.54) is 0 Å². The summed E-state index contributed by atoms with van der Waals surface area (Å²) in [7, 11) is -3.38. The van der Waals surface area contributed by atoms with E-state index in [-0.39, 0.29) is 12.2 Å². The largest absolute Gasteiger partial charge is 0.433 e. The third-order valence-electron chi connectivity index (χ3n) is 2.71. The van der Waals surface area contributed by atoms with E-state index in [0.717, 1.165) is 16.5 Å². The summed E-state index contributed by atoms with van der Waals surface area (Å²) in [5.41, 5.74) is 0.721. The van der Waals surface area contributed by atoms with Crippen molar-refractivity contribution in [2.24, 2.45) is 0 Å². The Kier molecular flexibility index (Phi) is 5.04. The van der Waals surface area contributed by atoms with Gasteiger partial charge in [-0.2, -0.15) is 0 Å². The van der Waals surface area contributed by atoms with E-state index >= 15 is 0 Å². The minimum Gasteiger partial charge on any atom is -0.293 e. The predicted octanol–water partition coefficient (Wildman–Crippen LogP) is 5.21. The lowest BCUT2D eigenvalue weighted by molar-refractivity contribution is 0.146. The predicted molar refractivity (Wildman–Crippen MR) is 87.6 cm³/mol. The van der Waals surface area contributed by atoms with Crippen LogP contribution < -0.4 is 5.09 Å². The molecule has 0 heterocycles. The molecular weight excluding hydrogens is 285 g/mol. The summed E-state index contributed by atoms with van der Waals surface area (Å²) < 4.78 is 23.8. The Morgan fingerprint density at radius 2 is 1.48 bits per heavy atom. The molecule has 0 aliphatic heterocycles. The Hall–Kier alpha value is -1.35. The van der Waals surface area contributed by atoms with Gasteiger partial charge in [0, 0.05) is 5.69 Å². The van der Waals surface area contributed by atoms with Crippen molar-refractivity contribution in [3.63, 3.8) is 0 Å². The first-order valence-electron chi connectivity index (χ1n) is 7.12. The van der Waals surface area contributed by atoms with Crippen molar-refractivity contribution >= 4 is 24.2 Å². The van der Waals surface area contributed by atoms with Crippen LogP contribution in [0.5, 0.6) is 0 Å². The van der Waals surface area contributed by atoms with Crippen molar-refractivity contribution < 1.29 is 13.6 Å². The van der Waals surface area contributed by atoms with Crippen LogP contribution in [-0.4, -0.2) is 12.2 Å². The zero-order chi connectivity index (χ0) is 15.5. The summed E-state index contributed by atoms with van der Waals surface area (Å²) >= 11 is 0. The van der Waals surface area contributed by atoms with E-state index < -0.39 is 7.75 Å². The van der Waals surface area contributed by atoms with Gasteiger partial charge in [-0.25, -0.2) is 4.57 Å². The van der Waals surface area contributed by atoms with Crippen molar-refractivity contribution in [3.8, 4) is 0 Å². The molecule has 0 atom stereocenters. The van der Waals surface area contributed by atoms with Gasteiger partial charge < -0.3 is 0 Å². The zero-order valence-electron chi connectivity index (χ0n) is 12.9. The van der Waals surface area contributed by atoms with Gasteiger partial charge in [0.15, 0.2) is 0 Å². The lowest BCUT2D eigenvalue weighted by atomic mass is 10.1. The molecule has 0 fully saturated rings. The van der Waals surface area contributed by atoms with Crippen LogP contribution in [0.15, 0.2) is 42.5 Å². The Bertz CT molecular complexity index is 641. The van der Waals surface area contributed by atoms with E-state index in [4.69, 9.17) is 9.05 Å². The maximum Gasteiger partial charge on any atom is 0.433 e. The lowest BCUT2D eigenvalue weighted by Gasteiger charge is -2.23. The summed E-state index contributed by atoms with van der Waals surface area (Å²) in [4.78, 5) is 0. The topological polar surface area (TPSA) is 47.6 Å². The minimum atomic E-state index is -3.38. The molecule has 2 aromatic rings. The van der Waals surface area contributed by atoms with Gasteiger partial charge in [0.1, 0.15) is 0 Å². The average molecular weight is 307 g/mol. The monoisotopic (exact) mass is 307 g/mol. The number of anilines is 1. The minimum absolute atomic E-state index is 0.192. The Balaban J connectivity index is 2.27. The van der Waals surface area contributed by atoms with Gasteiger partial charge in [-0.3, -0.25) is 14.1 Å². The maximum absolute atomic E-state index is 12.8. The van der Waals surface area contributed by atoms with Gasteiger partial charge in [-0.05, 0) is 50.6 Å². The second kappa shape index (κ2) is 6.61. The fraction of sp³-hybridized carbons (Fsp3) is 0.375. The summed E-state index contributed by atoms with van der Waals surface area (Å²) in [6, 6.07) is 13.8. The standard InChI is InChI=1S/C16H22NO3P/c1-12(2)19-21(18,20-13(3)4)17-16-10-9-14-7-5-6-8-15(14)11-16/h5-13H,1-4H3,(H,17,18). The van der Waals surface area contributed by atoms with Crippen molar-refractivity contribution in [2.45, 2.75) is 39.9 Å². The number of hydrogen-bond acceptors (Lipinski definition) is 3. The molecule has 0 unspecified atom stereocenters. The highest BCUT2D eigenvalue weighted by atomic mass is 31.2. The van der Waals surface area contributed by atoms with Crippen LogP contribution in [0.25, 0.3) is 10.8 Å². The van der Waals surface area contributed by atoms with Crippen LogP contribution in [-0.2, 0) is 13.6 Å². The smallest absolute Gasteiger partial charge is 0.293 e. The lowest BCUT2D eigenvalue weighted by Crippen LogP contribution is -2.13. The molecule has 0 aliphatic carbocycles. The molecule has 0 amide bonds. The molecular formula is C16H22NO3P. The highest BCUT2D eigenvalue weighted by Crippen LogP contribution is 2.50. The molecule has 5 heteroatoms. The second-order valence-electron chi connectivity index (χ2n) is 5.48. The first kappa shape index (κ1) is 16.0. The van der Waals surface area contributed by atoms with Gasteiger partial charge in [0.2, 0.25) is 0 Å². The molecule has 114 valence electrons. The Morgan fingerprint density at radius 1 is 0.905 bits per heavy atom. The number of nitrogens with one attached hydrogen (secondary N) is 1. The van der Waals surface area contributed by atoms with Crippen LogP contribution in [0.2, 0.25) is 0 Å². The first-order chi connectivity index (χ1) is 9.88. The normalized spacial score (nSPS) is 12.3. The fourth-order valence-corrected chi connectivity index (χ4v) is 3.77. The number of hydrogen-bond donors (Lipinski definition) is 1. The van der Waals surface area contributed by atoms with E-state index in [2.05, 4.69) is 5.09 Å². The molecule has 0 spiro atoms. The Morgan fingerprint density at radius 3 is 2.05 bits per heavy atom. The summed E-state index contributed by atoms with van der Waals surface area (Å²) in [5.74, 6) is 0. The second-order valence-corrected chi connectivity index (χ2v) is 7.12. The van der Waals surface area contributed by atoms with Crippen LogP contribution >= 0.6 is 7.75 Å². The number of rotatable bonds is 6. The van der Waals surface area contributed by atoms with Gasteiger partial charge in [-0.1, -0.05) is 30.3 Å². The van der Waals surface area contributed by atoms with E-state index in [1.54, 1.807) is 0 Å². The highest BCUT2D eigenvalue weighted by molar-refractivity contribution is 7.55. The van der Waals surface area contributed by atoms with Gasteiger partial charge >= 0.3 is 7.75 Å². The number of fused-ring (bicyclic) bond motifs is 1. The molecule has 0 bridgehead atoms. The van der Waals surface area contributed by atoms with Crippen LogP contribution in [0.3, 0.4) is 0 Å². The third-order valence-corrected chi connectivity index (χ3v) is 4.65. The first-order valence-corrected chi connectivity index (χ1v) is 8.66. The SMILES string of the molecule is CC(C)OP(=O)(Nc1ccc2ccccc2c1)OC(C)C. The molecule has 0 aliphatic rings. The molecule has 0 saturated heterocycles. The third kappa shape index (κ3) is 4.57. The summed E-state index contributed by atoms with van der Waals surface area (Å²) in [6.07, 6.45) is -0.384. The van der Waals surface area contributed by atoms with Crippen LogP contribution in [0, 0.1) is 0 Å². The van der Waals surface area contributed by atoms with E-state index in [1.807, 2.05) is 70.2 Å². The fourth-order valence-electron chi connectivity index (χ4n) is 2.05. The van der Waals surface area contributed by atoms with Crippen molar-refractivity contribution in [2.75, 3.05) is 5.09 Å². The zero-order valence-corrected chi connectivity index (χ0v) is 13.8. The molecule has 0 aromatic heterocycles. The summed E-state index contributed by atoms with van der Waals surface area (Å²) in [5, 5.41) is 5.13. The van der Waals surface area contributed by atoms with Gasteiger partial charge in [-0.15, -0.1) is 0 Å². The molecule has 0 radical (unpaired) electrons. The highest BCUT2D eigenvalue weighted by Gasteiger charge is 2.28. The van der Waals surface area contributed by atoms with Gasteiger partial charge in [0.05, 0.1) is 12.2 Å². The maximum atomic E-state index is 12.8. The van der Waals surface area contributed by atoms with Crippen molar-refractivity contribution in [1.29, 1.82) is 0 Å². The molecule has 21 heavy (non-hydrogen) atoms. The van der Waals surface area contributed by atoms with Crippen molar-refractivity contribution in [3.05, 3.63) is 42.5 Å². The van der Waals surface area contributed by atoms with Crippen LogP contribution in [0.4, 0.5) is 5.69 Å². The van der Waals surface area contributed by atoms with Crippen molar-refractivity contribution in [1.82, 2.24) is 0 Å². The number of benzene rings is 2. The molecule has 2 aromatic carbocycles. The molecule has 0 saturated carbocycles. The summed E-state index contributed by atoms with van der Waals surface area (Å²) in [6.45, 7) is 7.33. The van der Waals surface area contributed by atoms with E-state index in [9.17, 15) is 4.57 Å². The quantitative estimate of drug-likeness (QED) is 0.744. The van der Waals surface area contributed by atoms with Gasteiger partial charge in [0.25, 0.3) is 0 Å². The molecule has 1 N–H and O–H groups in total. The Labute approximate surface area is 126 Å². The average Bonchev–Trinajstić information content (AvgIpc) is 2.36. The molecule has 4 nitrogen and oxygen atoms in total. The molecule has 2 rings (SSSR count).